The van der Waals surface area contributed by atoms with E-state index in [1.165, 1.54) is 6.07 Å². The number of aryl methyl sites for hydroxylation is 1. The Bertz CT molecular complexity index is 1530. The van der Waals surface area contributed by atoms with Gasteiger partial charge in [0.2, 0.25) is 5.91 Å². The number of imidazole rings is 1. The van der Waals surface area contributed by atoms with Gasteiger partial charge in [-0.05, 0) is 32.0 Å². The Morgan fingerprint density at radius 3 is 2.54 bits per heavy atom. The molecule has 0 radical (unpaired) electrons. The summed E-state index contributed by atoms with van der Waals surface area (Å²) in [5.74, 6) is 1.20. The Labute approximate surface area is 225 Å². The summed E-state index contributed by atoms with van der Waals surface area (Å²) in [6.45, 7) is 9.94. The van der Waals surface area contributed by atoms with Crippen molar-refractivity contribution in [2.24, 2.45) is 12.8 Å². The maximum absolute atomic E-state index is 15.2. The number of primary amides is 1. The molecule has 0 unspecified atom stereocenters. The number of amides is 1. The molecule has 12 heteroatoms. The highest BCUT2D eigenvalue weighted by molar-refractivity contribution is 5.95. The molecule has 0 aliphatic carbocycles. The fourth-order valence-electron chi connectivity index (χ4n) is 5.50. The van der Waals surface area contributed by atoms with Crippen LogP contribution < -0.4 is 10.6 Å². The molecule has 5 heterocycles. The molecule has 0 spiro atoms. The fraction of sp³-hybridized carbons (Fsp3) is 0.481. The van der Waals surface area contributed by atoms with Gasteiger partial charge in [-0.1, -0.05) is 0 Å². The van der Waals surface area contributed by atoms with Gasteiger partial charge in [-0.25, -0.2) is 19.3 Å². The summed E-state index contributed by atoms with van der Waals surface area (Å²) < 4.78 is 22.8. The molecule has 4 aromatic rings. The van der Waals surface area contributed by atoms with Gasteiger partial charge in [-0.15, -0.1) is 0 Å². The van der Waals surface area contributed by atoms with E-state index in [4.69, 9.17) is 25.4 Å². The van der Waals surface area contributed by atoms with Gasteiger partial charge in [-0.2, -0.15) is 0 Å². The first-order chi connectivity index (χ1) is 18.7. The number of hydrogen-bond acceptors (Lipinski definition) is 8. The maximum Gasteiger partial charge on any atom is 0.237 e. The SMILES string of the molecule is Cn1c(CN2CCN(C(C)(C)C(N)=O)CC2)nc2c(N3CCOCC3)nc(-c3c(F)ccc4[nH]ccc34)nc21. The number of piperazine rings is 1. The number of ether oxygens (including phenoxy) is 1. The Kier molecular flexibility index (Phi) is 6.48. The van der Waals surface area contributed by atoms with Crippen LogP contribution in [0.25, 0.3) is 33.5 Å². The van der Waals surface area contributed by atoms with Gasteiger partial charge in [0.15, 0.2) is 22.8 Å². The molecule has 2 saturated heterocycles. The van der Waals surface area contributed by atoms with Crippen LogP contribution in [0.4, 0.5) is 10.2 Å². The molecule has 6 rings (SSSR count). The van der Waals surface area contributed by atoms with Gasteiger partial charge in [0.1, 0.15) is 11.6 Å². The smallest absolute Gasteiger partial charge is 0.237 e. The van der Waals surface area contributed by atoms with Crippen LogP contribution in [-0.2, 0) is 23.1 Å². The van der Waals surface area contributed by atoms with Crippen LogP contribution in [0.15, 0.2) is 24.4 Å². The first-order valence-corrected chi connectivity index (χ1v) is 13.3. The largest absolute Gasteiger partial charge is 0.378 e. The molecule has 0 atom stereocenters. The number of morpholine rings is 1. The fourth-order valence-corrected chi connectivity index (χ4v) is 5.50. The molecule has 0 saturated carbocycles. The molecule has 0 bridgehead atoms. The van der Waals surface area contributed by atoms with Crippen LogP contribution in [0.5, 0.6) is 0 Å². The van der Waals surface area contributed by atoms with Crippen molar-refractivity contribution in [3.8, 4) is 11.4 Å². The average Bonchev–Trinajstić information content (AvgIpc) is 3.53. The number of aromatic amines is 1. The summed E-state index contributed by atoms with van der Waals surface area (Å²) >= 11 is 0. The van der Waals surface area contributed by atoms with E-state index in [1.807, 2.05) is 31.5 Å². The molecule has 3 aromatic heterocycles. The van der Waals surface area contributed by atoms with E-state index in [0.29, 0.717) is 61.2 Å². The third-order valence-electron chi connectivity index (χ3n) is 8.14. The number of carbonyl (C=O) groups is 1. The number of H-pyrrole nitrogens is 1. The van der Waals surface area contributed by atoms with Crippen molar-refractivity contribution in [1.82, 2.24) is 34.3 Å². The Balaban J connectivity index is 1.37. The topological polar surface area (TPSA) is 121 Å². The number of nitrogens with zero attached hydrogens (tertiary/aromatic N) is 7. The lowest BCUT2D eigenvalue weighted by molar-refractivity contribution is -0.129. The predicted octanol–water partition coefficient (Wildman–Crippen LogP) is 1.87. The molecule has 1 aromatic carbocycles. The van der Waals surface area contributed by atoms with Crippen LogP contribution in [0.1, 0.15) is 19.7 Å². The Hall–Kier alpha value is -3.61. The number of aromatic nitrogens is 5. The molecule has 11 nitrogen and oxygen atoms in total. The quantitative estimate of drug-likeness (QED) is 0.384. The predicted molar refractivity (Wildman–Crippen MR) is 147 cm³/mol. The molecule has 2 aliphatic heterocycles. The minimum atomic E-state index is -0.680. The highest BCUT2D eigenvalue weighted by atomic mass is 19.1. The normalized spacial score (nSPS) is 17.9. The number of nitrogens with two attached hydrogens (primary N) is 1. The average molecular weight is 536 g/mol. The van der Waals surface area contributed by atoms with Gasteiger partial charge in [0.25, 0.3) is 0 Å². The molecule has 206 valence electrons. The number of carbonyl (C=O) groups excluding carboxylic acids is 1. The number of anilines is 1. The van der Waals surface area contributed by atoms with Gasteiger partial charge in [0, 0.05) is 63.4 Å². The van der Waals surface area contributed by atoms with Crippen molar-refractivity contribution in [3.63, 3.8) is 0 Å². The van der Waals surface area contributed by atoms with E-state index < -0.39 is 5.54 Å². The number of nitrogens with one attached hydrogen (secondary N) is 1. The molecule has 39 heavy (non-hydrogen) atoms. The van der Waals surface area contributed by atoms with Crippen molar-refractivity contribution in [2.75, 3.05) is 57.4 Å². The second-order valence-electron chi connectivity index (χ2n) is 10.8. The van der Waals surface area contributed by atoms with Crippen LogP contribution in [0.3, 0.4) is 0 Å². The number of hydrogen-bond donors (Lipinski definition) is 2. The van der Waals surface area contributed by atoms with E-state index in [0.717, 1.165) is 42.9 Å². The minimum Gasteiger partial charge on any atom is -0.378 e. The monoisotopic (exact) mass is 535 g/mol. The van der Waals surface area contributed by atoms with Crippen molar-refractivity contribution >= 4 is 33.8 Å². The van der Waals surface area contributed by atoms with Crippen molar-refractivity contribution in [1.29, 1.82) is 0 Å². The summed E-state index contributed by atoms with van der Waals surface area (Å²) in [6, 6.07) is 5.02. The summed E-state index contributed by atoms with van der Waals surface area (Å²) in [4.78, 5) is 36.4. The van der Waals surface area contributed by atoms with Crippen LogP contribution in [0, 0.1) is 5.82 Å². The van der Waals surface area contributed by atoms with E-state index in [2.05, 4.69) is 19.7 Å². The third kappa shape index (κ3) is 4.52. The van der Waals surface area contributed by atoms with E-state index in [-0.39, 0.29) is 11.7 Å². The van der Waals surface area contributed by atoms with Gasteiger partial charge < -0.3 is 24.9 Å². The first kappa shape index (κ1) is 25.7. The van der Waals surface area contributed by atoms with Crippen LogP contribution in [0.2, 0.25) is 0 Å². The molecule has 3 N–H and O–H groups in total. The summed E-state index contributed by atoms with van der Waals surface area (Å²) in [7, 11) is 1.95. The molecule has 2 aliphatic rings. The second kappa shape index (κ2) is 9.85. The lowest BCUT2D eigenvalue weighted by Gasteiger charge is -2.42. The molecule has 2 fully saturated rings. The number of fused-ring (bicyclic) bond motifs is 2. The number of rotatable bonds is 6. The number of halogens is 1. The second-order valence-corrected chi connectivity index (χ2v) is 10.8. The Morgan fingerprint density at radius 2 is 1.82 bits per heavy atom. The van der Waals surface area contributed by atoms with E-state index >= 15 is 4.39 Å². The molecule has 1 amide bonds. The highest BCUT2D eigenvalue weighted by Gasteiger charge is 2.35. The standard InChI is InChI=1S/C27H34FN9O2/c1-27(2,26(29)38)37-10-8-35(9-11-37)16-20-31-22-24(34(20)3)32-23(33-25(22)36-12-14-39-15-13-36)21-17-6-7-30-19(17)5-4-18(21)28/h4-7,30H,8-16H2,1-3H3,(H2,29,38). The third-order valence-corrected chi connectivity index (χ3v) is 8.14. The lowest BCUT2D eigenvalue weighted by atomic mass is 10.0. The van der Waals surface area contributed by atoms with Crippen LogP contribution in [-0.4, -0.2) is 98.2 Å². The molecular weight excluding hydrogens is 501 g/mol. The van der Waals surface area contributed by atoms with E-state index in [1.54, 1.807) is 12.3 Å². The molecular formula is C27H34FN9O2. The van der Waals surface area contributed by atoms with Crippen molar-refractivity contribution in [2.45, 2.75) is 25.9 Å². The minimum absolute atomic E-state index is 0.317. The first-order valence-electron chi connectivity index (χ1n) is 13.3. The summed E-state index contributed by atoms with van der Waals surface area (Å²) in [5.41, 5.74) is 7.52. The van der Waals surface area contributed by atoms with Gasteiger partial charge in [0.05, 0.1) is 30.9 Å². The van der Waals surface area contributed by atoms with Crippen LogP contribution >= 0.6 is 0 Å². The Morgan fingerprint density at radius 1 is 1.08 bits per heavy atom. The zero-order chi connectivity index (χ0) is 27.3. The number of benzene rings is 1. The lowest BCUT2D eigenvalue weighted by Crippen LogP contribution is -2.59. The van der Waals surface area contributed by atoms with Crippen molar-refractivity contribution < 1.29 is 13.9 Å². The maximum atomic E-state index is 15.2. The van der Waals surface area contributed by atoms with Gasteiger partial charge >= 0.3 is 0 Å². The van der Waals surface area contributed by atoms with E-state index in [9.17, 15) is 4.79 Å². The zero-order valence-corrected chi connectivity index (χ0v) is 22.6. The summed E-state index contributed by atoms with van der Waals surface area (Å²) in [5, 5.41) is 0.737. The summed E-state index contributed by atoms with van der Waals surface area (Å²) in [6.07, 6.45) is 1.79. The van der Waals surface area contributed by atoms with Gasteiger partial charge in [-0.3, -0.25) is 14.6 Å². The van der Waals surface area contributed by atoms with Crippen molar-refractivity contribution in [3.05, 3.63) is 36.0 Å². The zero-order valence-electron chi connectivity index (χ0n) is 22.6. The highest BCUT2D eigenvalue weighted by Crippen LogP contribution is 2.33.